The number of anilines is 1. The van der Waals surface area contributed by atoms with Gasteiger partial charge in [-0.1, -0.05) is 0 Å². The van der Waals surface area contributed by atoms with Crippen molar-refractivity contribution in [2.75, 3.05) is 18.0 Å². The summed E-state index contributed by atoms with van der Waals surface area (Å²) in [5.74, 6) is 0.813. The van der Waals surface area contributed by atoms with Gasteiger partial charge in [0.15, 0.2) is 0 Å². The van der Waals surface area contributed by atoms with Gasteiger partial charge in [-0.05, 0) is 19.4 Å². The molecule has 2 N–H and O–H groups in total. The SMILES string of the molecule is Cc1ccnc(N2CCC(N)C2)n1. The summed E-state index contributed by atoms with van der Waals surface area (Å²) in [6.07, 6.45) is 2.83. The van der Waals surface area contributed by atoms with Gasteiger partial charge in [-0.3, -0.25) is 0 Å². The van der Waals surface area contributed by atoms with Crippen LogP contribution in [0.5, 0.6) is 0 Å². The Kier molecular flexibility index (Phi) is 2.14. The summed E-state index contributed by atoms with van der Waals surface area (Å²) in [5.41, 5.74) is 6.81. The molecule has 0 aliphatic carbocycles. The lowest BCUT2D eigenvalue weighted by Gasteiger charge is -2.15. The number of aromatic nitrogens is 2. The second-order valence-corrected chi connectivity index (χ2v) is 3.49. The van der Waals surface area contributed by atoms with Crippen molar-refractivity contribution < 1.29 is 0 Å². The van der Waals surface area contributed by atoms with Crippen molar-refractivity contribution in [3.8, 4) is 0 Å². The molecule has 0 spiro atoms. The van der Waals surface area contributed by atoms with Crippen molar-refractivity contribution in [2.24, 2.45) is 5.73 Å². The summed E-state index contributed by atoms with van der Waals surface area (Å²) < 4.78 is 0. The first-order valence-electron chi connectivity index (χ1n) is 4.56. The van der Waals surface area contributed by atoms with Crippen LogP contribution in [0.3, 0.4) is 0 Å². The monoisotopic (exact) mass is 178 g/mol. The van der Waals surface area contributed by atoms with Crippen molar-refractivity contribution in [3.63, 3.8) is 0 Å². The van der Waals surface area contributed by atoms with Gasteiger partial charge in [0.2, 0.25) is 5.95 Å². The fourth-order valence-electron chi connectivity index (χ4n) is 1.56. The van der Waals surface area contributed by atoms with Crippen LogP contribution in [0, 0.1) is 6.92 Å². The zero-order chi connectivity index (χ0) is 9.26. The number of hydrogen-bond donors (Lipinski definition) is 1. The highest BCUT2D eigenvalue weighted by molar-refractivity contribution is 5.32. The van der Waals surface area contributed by atoms with E-state index >= 15 is 0 Å². The third-order valence-electron chi connectivity index (χ3n) is 2.29. The molecule has 2 rings (SSSR count). The van der Waals surface area contributed by atoms with Gasteiger partial charge in [0.05, 0.1) is 0 Å². The average molecular weight is 178 g/mol. The van der Waals surface area contributed by atoms with E-state index in [0.717, 1.165) is 31.2 Å². The maximum Gasteiger partial charge on any atom is 0.225 e. The number of nitrogens with zero attached hydrogens (tertiary/aromatic N) is 3. The summed E-state index contributed by atoms with van der Waals surface area (Å²) in [4.78, 5) is 10.7. The normalized spacial score (nSPS) is 22.3. The topological polar surface area (TPSA) is 55.0 Å². The average Bonchev–Trinajstić information content (AvgIpc) is 2.52. The van der Waals surface area contributed by atoms with E-state index in [0.29, 0.717) is 0 Å². The predicted molar refractivity (Wildman–Crippen MR) is 51.6 cm³/mol. The van der Waals surface area contributed by atoms with Gasteiger partial charge in [0.25, 0.3) is 0 Å². The van der Waals surface area contributed by atoms with Crippen molar-refractivity contribution in [3.05, 3.63) is 18.0 Å². The molecular formula is C9H14N4. The zero-order valence-electron chi connectivity index (χ0n) is 7.77. The van der Waals surface area contributed by atoms with Crippen LogP contribution in [0.4, 0.5) is 5.95 Å². The molecule has 0 aromatic carbocycles. The Labute approximate surface area is 77.8 Å². The van der Waals surface area contributed by atoms with Crippen LogP contribution in [-0.2, 0) is 0 Å². The molecule has 2 heterocycles. The van der Waals surface area contributed by atoms with Crippen LogP contribution in [0.25, 0.3) is 0 Å². The van der Waals surface area contributed by atoms with Crippen LogP contribution in [0.2, 0.25) is 0 Å². The second-order valence-electron chi connectivity index (χ2n) is 3.49. The van der Waals surface area contributed by atoms with Gasteiger partial charge in [-0.2, -0.15) is 0 Å². The largest absolute Gasteiger partial charge is 0.339 e. The number of aryl methyl sites for hydroxylation is 1. The van der Waals surface area contributed by atoms with Crippen molar-refractivity contribution in [2.45, 2.75) is 19.4 Å². The molecule has 1 aliphatic rings. The van der Waals surface area contributed by atoms with Gasteiger partial charge >= 0.3 is 0 Å². The number of hydrogen-bond acceptors (Lipinski definition) is 4. The molecular weight excluding hydrogens is 164 g/mol. The number of nitrogens with two attached hydrogens (primary N) is 1. The molecule has 1 aliphatic heterocycles. The standard InChI is InChI=1S/C9H14N4/c1-7-2-4-11-9(12-7)13-5-3-8(10)6-13/h2,4,8H,3,5-6,10H2,1H3. The number of rotatable bonds is 1. The fraction of sp³-hybridized carbons (Fsp3) is 0.556. The highest BCUT2D eigenvalue weighted by Crippen LogP contribution is 2.14. The zero-order valence-corrected chi connectivity index (χ0v) is 7.77. The van der Waals surface area contributed by atoms with E-state index in [4.69, 9.17) is 5.73 Å². The van der Waals surface area contributed by atoms with Crippen LogP contribution in [0.1, 0.15) is 12.1 Å². The first kappa shape index (κ1) is 8.44. The Morgan fingerprint density at radius 2 is 2.46 bits per heavy atom. The second kappa shape index (κ2) is 3.30. The Morgan fingerprint density at radius 1 is 1.62 bits per heavy atom. The van der Waals surface area contributed by atoms with E-state index in [1.807, 2.05) is 13.0 Å². The summed E-state index contributed by atoms with van der Waals surface area (Å²) >= 11 is 0. The lowest BCUT2D eigenvalue weighted by molar-refractivity contribution is 0.750. The Bertz CT molecular complexity index is 299. The molecule has 4 heteroatoms. The third-order valence-corrected chi connectivity index (χ3v) is 2.29. The van der Waals surface area contributed by atoms with Gasteiger partial charge in [0.1, 0.15) is 0 Å². The van der Waals surface area contributed by atoms with Gasteiger partial charge in [-0.25, -0.2) is 9.97 Å². The maximum atomic E-state index is 5.80. The van der Waals surface area contributed by atoms with Crippen LogP contribution in [-0.4, -0.2) is 29.1 Å². The molecule has 1 saturated heterocycles. The molecule has 1 aromatic rings. The van der Waals surface area contributed by atoms with E-state index in [-0.39, 0.29) is 6.04 Å². The Balaban J connectivity index is 2.16. The summed E-state index contributed by atoms with van der Waals surface area (Å²) in [7, 11) is 0. The molecule has 70 valence electrons. The molecule has 0 radical (unpaired) electrons. The third kappa shape index (κ3) is 1.78. The van der Waals surface area contributed by atoms with Gasteiger partial charge in [-0.15, -0.1) is 0 Å². The lowest BCUT2D eigenvalue weighted by Crippen LogP contribution is -2.27. The molecule has 13 heavy (non-hydrogen) atoms. The van der Waals surface area contributed by atoms with E-state index in [1.165, 1.54) is 0 Å². The van der Waals surface area contributed by atoms with E-state index in [1.54, 1.807) is 6.20 Å². The molecule has 1 atom stereocenters. The minimum atomic E-state index is 0.282. The first-order chi connectivity index (χ1) is 6.25. The van der Waals surface area contributed by atoms with E-state index < -0.39 is 0 Å². The molecule has 1 aromatic heterocycles. The summed E-state index contributed by atoms with van der Waals surface area (Å²) in [6, 6.07) is 2.18. The summed E-state index contributed by atoms with van der Waals surface area (Å²) in [5, 5.41) is 0. The highest BCUT2D eigenvalue weighted by Gasteiger charge is 2.20. The van der Waals surface area contributed by atoms with Crippen LogP contribution in [0.15, 0.2) is 12.3 Å². The Morgan fingerprint density at radius 3 is 3.08 bits per heavy atom. The fourth-order valence-corrected chi connectivity index (χ4v) is 1.56. The maximum absolute atomic E-state index is 5.80. The van der Waals surface area contributed by atoms with E-state index in [9.17, 15) is 0 Å². The smallest absolute Gasteiger partial charge is 0.225 e. The molecule has 0 bridgehead atoms. The minimum absolute atomic E-state index is 0.282. The molecule has 1 fully saturated rings. The van der Waals surface area contributed by atoms with Gasteiger partial charge in [0, 0.05) is 31.0 Å². The van der Waals surface area contributed by atoms with E-state index in [2.05, 4.69) is 14.9 Å². The first-order valence-corrected chi connectivity index (χ1v) is 4.56. The molecule has 1 unspecified atom stereocenters. The molecule has 0 amide bonds. The molecule has 4 nitrogen and oxygen atoms in total. The molecule has 0 saturated carbocycles. The quantitative estimate of drug-likeness (QED) is 0.673. The minimum Gasteiger partial charge on any atom is -0.339 e. The Hall–Kier alpha value is -1.16. The lowest BCUT2D eigenvalue weighted by atomic mass is 10.3. The van der Waals surface area contributed by atoms with Crippen LogP contribution < -0.4 is 10.6 Å². The van der Waals surface area contributed by atoms with Crippen molar-refractivity contribution in [1.82, 2.24) is 9.97 Å². The van der Waals surface area contributed by atoms with Crippen LogP contribution >= 0.6 is 0 Å². The predicted octanol–water partition coefficient (Wildman–Crippen LogP) is 0.322. The summed E-state index contributed by atoms with van der Waals surface area (Å²) in [6.45, 7) is 3.83. The highest BCUT2D eigenvalue weighted by atomic mass is 15.3. The van der Waals surface area contributed by atoms with Gasteiger partial charge < -0.3 is 10.6 Å². The van der Waals surface area contributed by atoms with Crippen molar-refractivity contribution in [1.29, 1.82) is 0 Å². The van der Waals surface area contributed by atoms with Crippen molar-refractivity contribution >= 4 is 5.95 Å².